The van der Waals surface area contributed by atoms with Gasteiger partial charge in [0, 0.05) is 13.1 Å². The normalized spacial score (nSPS) is 14.6. The number of hydrogen-bond acceptors (Lipinski definition) is 5. The summed E-state index contributed by atoms with van der Waals surface area (Å²) >= 11 is 0. The molecule has 2 heterocycles. The second-order valence-electron chi connectivity index (χ2n) is 4.35. The van der Waals surface area contributed by atoms with E-state index in [4.69, 9.17) is 13.9 Å². The van der Waals surface area contributed by atoms with E-state index in [1.807, 2.05) is 18.2 Å². The maximum atomic E-state index is 9.84. The SMILES string of the molecule is OC(CNCc1ccc2c(c1)OCO2)c1ccco1. The Balaban J connectivity index is 1.52. The lowest BCUT2D eigenvalue weighted by atomic mass is 10.2. The van der Waals surface area contributed by atoms with E-state index in [-0.39, 0.29) is 6.79 Å². The molecule has 0 fully saturated rings. The van der Waals surface area contributed by atoms with Crippen LogP contribution in [-0.4, -0.2) is 18.4 Å². The van der Waals surface area contributed by atoms with Gasteiger partial charge in [0.25, 0.3) is 0 Å². The van der Waals surface area contributed by atoms with Crippen molar-refractivity contribution in [2.45, 2.75) is 12.6 Å². The zero-order valence-corrected chi connectivity index (χ0v) is 10.3. The summed E-state index contributed by atoms with van der Waals surface area (Å²) in [5, 5.41) is 13.0. The molecule has 1 unspecified atom stereocenters. The molecule has 5 nitrogen and oxygen atoms in total. The topological polar surface area (TPSA) is 63.9 Å². The average Bonchev–Trinajstić information content (AvgIpc) is 3.09. The Labute approximate surface area is 110 Å². The van der Waals surface area contributed by atoms with Gasteiger partial charge in [-0.1, -0.05) is 6.07 Å². The number of hydrogen-bond donors (Lipinski definition) is 2. The summed E-state index contributed by atoms with van der Waals surface area (Å²) in [5.74, 6) is 2.11. The number of fused-ring (bicyclic) bond motifs is 1. The van der Waals surface area contributed by atoms with Crippen LogP contribution in [0.1, 0.15) is 17.4 Å². The van der Waals surface area contributed by atoms with Crippen LogP contribution in [-0.2, 0) is 6.54 Å². The van der Waals surface area contributed by atoms with Crippen LogP contribution in [0.15, 0.2) is 41.0 Å². The van der Waals surface area contributed by atoms with Crippen molar-refractivity contribution in [3.63, 3.8) is 0 Å². The maximum absolute atomic E-state index is 9.84. The second-order valence-corrected chi connectivity index (χ2v) is 4.35. The monoisotopic (exact) mass is 261 g/mol. The first-order valence-electron chi connectivity index (χ1n) is 6.13. The van der Waals surface area contributed by atoms with Gasteiger partial charge in [-0.15, -0.1) is 0 Å². The van der Waals surface area contributed by atoms with Crippen LogP contribution in [0, 0.1) is 0 Å². The fourth-order valence-electron chi connectivity index (χ4n) is 1.99. The highest BCUT2D eigenvalue weighted by atomic mass is 16.7. The molecular weight excluding hydrogens is 246 g/mol. The predicted octanol–water partition coefficient (Wildman–Crippen LogP) is 1.83. The zero-order valence-electron chi connectivity index (χ0n) is 10.3. The Kier molecular flexibility index (Phi) is 3.39. The molecule has 0 aliphatic carbocycles. The van der Waals surface area contributed by atoms with Crippen molar-refractivity contribution in [1.29, 1.82) is 0 Å². The number of aliphatic hydroxyl groups is 1. The standard InChI is InChI=1S/C14H15NO4/c16-11(12-2-1-5-17-12)8-15-7-10-3-4-13-14(6-10)19-9-18-13/h1-6,11,15-16H,7-9H2. The zero-order chi connectivity index (χ0) is 13.1. The van der Waals surface area contributed by atoms with Gasteiger partial charge in [0.15, 0.2) is 11.5 Å². The minimum Gasteiger partial charge on any atom is -0.467 e. The van der Waals surface area contributed by atoms with Crippen LogP contribution in [0.2, 0.25) is 0 Å². The molecule has 100 valence electrons. The fourth-order valence-corrected chi connectivity index (χ4v) is 1.99. The van der Waals surface area contributed by atoms with Crippen molar-refractivity contribution in [2.24, 2.45) is 0 Å². The third-order valence-corrected chi connectivity index (χ3v) is 2.98. The van der Waals surface area contributed by atoms with E-state index in [9.17, 15) is 5.11 Å². The molecule has 3 rings (SSSR count). The van der Waals surface area contributed by atoms with E-state index in [0.29, 0.717) is 18.8 Å². The van der Waals surface area contributed by atoms with E-state index in [0.717, 1.165) is 17.1 Å². The molecule has 1 atom stereocenters. The number of ether oxygens (including phenoxy) is 2. The summed E-state index contributed by atoms with van der Waals surface area (Å²) in [6, 6.07) is 9.32. The third kappa shape index (κ3) is 2.72. The van der Waals surface area contributed by atoms with Crippen LogP contribution in [0.25, 0.3) is 0 Å². The van der Waals surface area contributed by atoms with Crippen molar-refractivity contribution in [1.82, 2.24) is 5.32 Å². The largest absolute Gasteiger partial charge is 0.467 e. The van der Waals surface area contributed by atoms with E-state index in [1.165, 1.54) is 0 Å². The molecule has 1 aromatic heterocycles. The lowest BCUT2D eigenvalue weighted by Crippen LogP contribution is -2.20. The van der Waals surface area contributed by atoms with Gasteiger partial charge in [-0.05, 0) is 29.8 Å². The summed E-state index contributed by atoms with van der Waals surface area (Å²) in [4.78, 5) is 0. The summed E-state index contributed by atoms with van der Waals surface area (Å²) in [7, 11) is 0. The molecule has 0 amide bonds. The number of rotatable bonds is 5. The molecule has 5 heteroatoms. The Hall–Kier alpha value is -1.98. The Morgan fingerprint density at radius 1 is 1.21 bits per heavy atom. The molecule has 1 aliphatic heterocycles. The molecule has 1 aliphatic rings. The van der Waals surface area contributed by atoms with E-state index < -0.39 is 6.10 Å². The molecule has 0 bridgehead atoms. The van der Waals surface area contributed by atoms with Crippen molar-refractivity contribution < 1.29 is 19.0 Å². The number of aliphatic hydroxyl groups excluding tert-OH is 1. The average molecular weight is 261 g/mol. The van der Waals surface area contributed by atoms with E-state index in [2.05, 4.69) is 5.32 Å². The minimum atomic E-state index is -0.635. The van der Waals surface area contributed by atoms with Crippen LogP contribution < -0.4 is 14.8 Å². The van der Waals surface area contributed by atoms with Crippen LogP contribution in [0.3, 0.4) is 0 Å². The van der Waals surface area contributed by atoms with Gasteiger partial charge < -0.3 is 24.3 Å². The molecule has 19 heavy (non-hydrogen) atoms. The van der Waals surface area contributed by atoms with Gasteiger partial charge in [-0.3, -0.25) is 0 Å². The first-order valence-corrected chi connectivity index (χ1v) is 6.13. The van der Waals surface area contributed by atoms with Crippen molar-refractivity contribution >= 4 is 0 Å². The first kappa shape index (κ1) is 12.1. The van der Waals surface area contributed by atoms with Crippen molar-refractivity contribution in [3.05, 3.63) is 47.9 Å². The second kappa shape index (κ2) is 5.34. The lowest BCUT2D eigenvalue weighted by molar-refractivity contribution is 0.147. The Bertz CT molecular complexity index is 538. The summed E-state index contributed by atoms with van der Waals surface area (Å²) in [5.41, 5.74) is 1.08. The van der Waals surface area contributed by atoms with Crippen LogP contribution in [0.4, 0.5) is 0 Å². The van der Waals surface area contributed by atoms with E-state index >= 15 is 0 Å². The van der Waals surface area contributed by atoms with E-state index in [1.54, 1.807) is 18.4 Å². The molecule has 2 aromatic rings. The predicted molar refractivity (Wildman–Crippen MR) is 67.9 cm³/mol. The molecule has 1 aromatic carbocycles. The van der Waals surface area contributed by atoms with Gasteiger partial charge in [-0.25, -0.2) is 0 Å². The van der Waals surface area contributed by atoms with Crippen molar-refractivity contribution in [3.8, 4) is 11.5 Å². The number of nitrogens with one attached hydrogen (secondary N) is 1. The lowest BCUT2D eigenvalue weighted by Gasteiger charge is -2.09. The van der Waals surface area contributed by atoms with Gasteiger partial charge in [-0.2, -0.15) is 0 Å². The number of furan rings is 1. The smallest absolute Gasteiger partial charge is 0.231 e. The van der Waals surface area contributed by atoms with Gasteiger partial charge in [0.05, 0.1) is 6.26 Å². The molecular formula is C14H15NO4. The summed E-state index contributed by atoms with van der Waals surface area (Å²) < 4.78 is 15.7. The quantitative estimate of drug-likeness (QED) is 0.859. The molecule has 2 N–H and O–H groups in total. The maximum Gasteiger partial charge on any atom is 0.231 e. The third-order valence-electron chi connectivity index (χ3n) is 2.98. The van der Waals surface area contributed by atoms with Gasteiger partial charge in [0.1, 0.15) is 11.9 Å². The highest BCUT2D eigenvalue weighted by molar-refractivity contribution is 5.44. The Morgan fingerprint density at radius 2 is 2.11 bits per heavy atom. The fraction of sp³-hybridized carbons (Fsp3) is 0.286. The summed E-state index contributed by atoms with van der Waals surface area (Å²) in [6.45, 7) is 1.36. The summed E-state index contributed by atoms with van der Waals surface area (Å²) in [6.07, 6.45) is 0.917. The molecule has 0 spiro atoms. The minimum absolute atomic E-state index is 0.281. The first-order chi connectivity index (χ1) is 9.33. The van der Waals surface area contributed by atoms with Crippen LogP contribution >= 0.6 is 0 Å². The molecule has 0 saturated heterocycles. The van der Waals surface area contributed by atoms with Crippen LogP contribution in [0.5, 0.6) is 11.5 Å². The Morgan fingerprint density at radius 3 is 2.95 bits per heavy atom. The molecule has 0 saturated carbocycles. The highest BCUT2D eigenvalue weighted by Crippen LogP contribution is 2.32. The van der Waals surface area contributed by atoms with Crippen molar-refractivity contribution in [2.75, 3.05) is 13.3 Å². The molecule has 0 radical (unpaired) electrons. The van der Waals surface area contributed by atoms with Gasteiger partial charge in [0.2, 0.25) is 6.79 Å². The number of benzene rings is 1. The van der Waals surface area contributed by atoms with Gasteiger partial charge >= 0.3 is 0 Å². The highest BCUT2D eigenvalue weighted by Gasteiger charge is 2.13.